The first kappa shape index (κ1) is 25.3. The molecule has 5 nitrogen and oxygen atoms in total. The summed E-state index contributed by atoms with van der Waals surface area (Å²) in [6.45, 7) is 8.42. The molecule has 1 heterocycles. The largest absolute Gasteiger partial charge is 0.478 e. The van der Waals surface area contributed by atoms with Gasteiger partial charge in [0.2, 0.25) is 5.91 Å². The lowest BCUT2D eigenvalue weighted by atomic mass is 10.00. The Bertz CT molecular complexity index is 873. The average molecular weight is 437 g/mol. The van der Waals surface area contributed by atoms with Crippen molar-refractivity contribution in [1.29, 1.82) is 0 Å². The average Bonchev–Trinajstić information content (AvgIpc) is 2.80. The standard InChI is InChI=1S/C18H28N2O.C9H8O2/c1-4-5-12-20-13-7-6-11-16(20)18(21)19-17-14(2)9-8-10-15(17)3;10-9(11)7-6-8-4-2-1-3-5-8/h8-10,16H,4-7,11-13H2,1-3H3,(H,19,21);1-7H,(H,10,11)/b;7-6+. The highest BCUT2D eigenvalue weighted by atomic mass is 16.4. The van der Waals surface area contributed by atoms with Crippen molar-refractivity contribution in [2.24, 2.45) is 0 Å². The van der Waals surface area contributed by atoms with Crippen LogP contribution in [0.2, 0.25) is 0 Å². The van der Waals surface area contributed by atoms with Crippen molar-refractivity contribution in [2.75, 3.05) is 18.4 Å². The number of amides is 1. The van der Waals surface area contributed by atoms with E-state index in [1.165, 1.54) is 19.3 Å². The van der Waals surface area contributed by atoms with Crippen LogP contribution in [-0.2, 0) is 9.59 Å². The van der Waals surface area contributed by atoms with Crippen molar-refractivity contribution < 1.29 is 14.7 Å². The molecular formula is C27H36N2O3. The molecule has 1 aliphatic heterocycles. The quantitative estimate of drug-likeness (QED) is 0.548. The lowest BCUT2D eigenvalue weighted by molar-refractivity contribution is -0.131. The number of piperidine rings is 1. The normalized spacial score (nSPS) is 16.3. The number of likely N-dealkylation sites (tertiary alicyclic amines) is 1. The van der Waals surface area contributed by atoms with Gasteiger partial charge in [-0.25, -0.2) is 4.79 Å². The van der Waals surface area contributed by atoms with Gasteiger partial charge in [0, 0.05) is 11.8 Å². The van der Waals surface area contributed by atoms with Crippen molar-refractivity contribution >= 4 is 23.6 Å². The van der Waals surface area contributed by atoms with E-state index >= 15 is 0 Å². The Morgan fingerprint density at radius 1 is 1.06 bits per heavy atom. The monoisotopic (exact) mass is 436 g/mol. The second-order valence-electron chi connectivity index (χ2n) is 8.24. The molecule has 1 amide bonds. The fourth-order valence-electron chi connectivity index (χ4n) is 3.87. The summed E-state index contributed by atoms with van der Waals surface area (Å²) in [7, 11) is 0. The number of carbonyl (C=O) groups is 2. The van der Waals surface area contributed by atoms with Crippen molar-refractivity contribution in [1.82, 2.24) is 4.90 Å². The molecule has 0 aliphatic carbocycles. The molecule has 1 atom stereocenters. The number of carbonyl (C=O) groups excluding carboxylic acids is 1. The number of rotatable bonds is 7. The van der Waals surface area contributed by atoms with E-state index in [9.17, 15) is 9.59 Å². The molecule has 2 aromatic carbocycles. The number of benzene rings is 2. The minimum absolute atomic E-state index is 0.0457. The molecule has 2 N–H and O–H groups in total. The van der Waals surface area contributed by atoms with E-state index in [0.717, 1.165) is 54.4 Å². The van der Waals surface area contributed by atoms with Crippen LogP contribution in [0.25, 0.3) is 6.08 Å². The first-order valence-electron chi connectivity index (χ1n) is 11.5. The van der Waals surface area contributed by atoms with E-state index < -0.39 is 5.97 Å². The first-order valence-corrected chi connectivity index (χ1v) is 11.5. The van der Waals surface area contributed by atoms with Crippen molar-refractivity contribution in [3.63, 3.8) is 0 Å². The molecular weight excluding hydrogens is 400 g/mol. The number of unbranched alkanes of at least 4 members (excludes halogenated alkanes) is 1. The fourth-order valence-corrected chi connectivity index (χ4v) is 3.87. The topological polar surface area (TPSA) is 69.6 Å². The second kappa shape index (κ2) is 13.5. The summed E-state index contributed by atoms with van der Waals surface area (Å²) in [5.41, 5.74) is 4.16. The van der Waals surface area contributed by atoms with Crippen LogP contribution in [0, 0.1) is 13.8 Å². The SMILES string of the molecule is CCCCN1CCCCC1C(=O)Nc1c(C)cccc1C.O=C(O)/C=C/c1ccccc1. The van der Waals surface area contributed by atoms with Gasteiger partial charge in [-0.05, 0) is 69.0 Å². The van der Waals surface area contributed by atoms with Crippen LogP contribution in [0.4, 0.5) is 5.69 Å². The summed E-state index contributed by atoms with van der Waals surface area (Å²) in [6, 6.07) is 15.5. The number of hydrogen-bond donors (Lipinski definition) is 2. The van der Waals surface area contributed by atoms with Gasteiger partial charge in [0.05, 0.1) is 6.04 Å². The second-order valence-corrected chi connectivity index (χ2v) is 8.24. The Morgan fingerprint density at radius 2 is 1.75 bits per heavy atom. The highest BCUT2D eigenvalue weighted by Gasteiger charge is 2.28. The van der Waals surface area contributed by atoms with Gasteiger partial charge < -0.3 is 10.4 Å². The minimum atomic E-state index is -0.922. The third-order valence-electron chi connectivity index (χ3n) is 5.66. The van der Waals surface area contributed by atoms with Crippen molar-refractivity contribution in [3.8, 4) is 0 Å². The lowest BCUT2D eigenvalue weighted by Crippen LogP contribution is -2.47. The summed E-state index contributed by atoms with van der Waals surface area (Å²) in [4.78, 5) is 25.1. The van der Waals surface area contributed by atoms with Crippen molar-refractivity contribution in [3.05, 3.63) is 71.3 Å². The van der Waals surface area contributed by atoms with E-state index in [2.05, 4.69) is 43.1 Å². The Morgan fingerprint density at radius 3 is 2.38 bits per heavy atom. The number of anilines is 1. The molecule has 32 heavy (non-hydrogen) atoms. The first-order chi connectivity index (χ1) is 15.4. The van der Waals surface area contributed by atoms with E-state index in [4.69, 9.17) is 5.11 Å². The maximum Gasteiger partial charge on any atom is 0.328 e. The Hall–Kier alpha value is -2.92. The van der Waals surface area contributed by atoms with Gasteiger partial charge in [0.1, 0.15) is 0 Å². The van der Waals surface area contributed by atoms with Gasteiger partial charge in [0.25, 0.3) is 0 Å². The van der Waals surface area contributed by atoms with Gasteiger partial charge in [-0.2, -0.15) is 0 Å². The predicted molar refractivity (Wildman–Crippen MR) is 132 cm³/mol. The number of nitrogens with one attached hydrogen (secondary N) is 1. The maximum atomic E-state index is 12.7. The molecule has 0 saturated carbocycles. The molecule has 0 spiro atoms. The van der Waals surface area contributed by atoms with E-state index in [-0.39, 0.29) is 11.9 Å². The van der Waals surface area contributed by atoms with Gasteiger partial charge in [-0.1, -0.05) is 68.3 Å². The molecule has 1 unspecified atom stereocenters. The molecule has 0 aromatic heterocycles. The Labute approximate surface area is 192 Å². The van der Waals surface area contributed by atoms with E-state index in [0.29, 0.717) is 0 Å². The third kappa shape index (κ3) is 8.31. The van der Waals surface area contributed by atoms with Crippen LogP contribution >= 0.6 is 0 Å². The highest BCUT2D eigenvalue weighted by Crippen LogP contribution is 2.23. The summed E-state index contributed by atoms with van der Waals surface area (Å²) < 4.78 is 0. The number of hydrogen-bond acceptors (Lipinski definition) is 3. The molecule has 1 aliphatic rings. The molecule has 1 fully saturated rings. The number of para-hydroxylation sites is 1. The molecule has 1 saturated heterocycles. The number of carboxylic acids is 1. The maximum absolute atomic E-state index is 12.7. The highest BCUT2D eigenvalue weighted by molar-refractivity contribution is 5.96. The van der Waals surface area contributed by atoms with Gasteiger partial charge >= 0.3 is 5.97 Å². The zero-order valence-electron chi connectivity index (χ0n) is 19.5. The van der Waals surface area contributed by atoms with Gasteiger partial charge in [0.15, 0.2) is 0 Å². The van der Waals surface area contributed by atoms with Crippen LogP contribution in [0.3, 0.4) is 0 Å². The van der Waals surface area contributed by atoms with Crippen LogP contribution < -0.4 is 5.32 Å². The minimum Gasteiger partial charge on any atom is -0.478 e. The zero-order chi connectivity index (χ0) is 23.3. The number of carboxylic acid groups (broad SMARTS) is 1. The molecule has 0 radical (unpaired) electrons. The molecule has 2 aromatic rings. The molecule has 0 bridgehead atoms. The smallest absolute Gasteiger partial charge is 0.328 e. The van der Waals surface area contributed by atoms with E-state index in [1.54, 1.807) is 6.08 Å². The summed E-state index contributed by atoms with van der Waals surface area (Å²) in [5.74, 6) is -0.753. The molecule has 3 rings (SSSR count). The van der Waals surface area contributed by atoms with Crippen LogP contribution in [0.15, 0.2) is 54.6 Å². The molecule has 172 valence electrons. The fraction of sp³-hybridized carbons (Fsp3) is 0.407. The van der Waals surface area contributed by atoms with Gasteiger partial charge in [-0.15, -0.1) is 0 Å². The van der Waals surface area contributed by atoms with Crippen LogP contribution in [0.5, 0.6) is 0 Å². The number of aliphatic carboxylic acids is 1. The number of aryl methyl sites for hydroxylation is 2. The van der Waals surface area contributed by atoms with Crippen LogP contribution in [-0.4, -0.2) is 41.0 Å². The van der Waals surface area contributed by atoms with Crippen molar-refractivity contribution in [2.45, 2.75) is 58.9 Å². The molecule has 5 heteroatoms. The lowest BCUT2D eigenvalue weighted by Gasteiger charge is -2.34. The Balaban J connectivity index is 0.000000278. The predicted octanol–water partition coefficient (Wildman–Crippen LogP) is 5.68. The third-order valence-corrected chi connectivity index (χ3v) is 5.66. The van der Waals surface area contributed by atoms with Gasteiger partial charge in [-0.3, -0.25) is 9.69 Å². The summed E-state index contributed by atoms with van der Waals surface area (Å²) in [5, 5.41) is 11.5. The Kier molecular flexibility index (Phi) is 10.7. The summed E-state index contributed by atoms with van der Waals surface area (Å²) in [6.07, 6.45) is 8.40. The van der Waals surface area contributed by atoms with E-state index in [1.807, 2.05) is 36.4 Å². The number of nitrogens with zero attached hydrogens (tertiary/aromatic N) is 1. The summed E-state index contributed by atoms with van der Waals surface area (Å²) >= 11 is 0. The van der Waals surface area contributed by atoms with Crippen LogP contribution in [0.1, 0.15) is 55.7 Å². The zero-order valence-corrected chi connectivity index (χ0v) is 19.5.